The molecule has 0 bridgehead atoms. The van der Waals surface area contributed by atoms with Crippen LogP contribution in [-0.4, -0.2) is 40.6 Å². The Bertz CT molecular complexity index is 892. The highest BCUT2D eigenvalue weighted by Crippen LogP contribution is 2.31. The summed E-state index contributed by atoms with van der Waals surface area (Å²) in [6.07, 6.45) is 2.95. The largest absolute Gasteiger partial charge is 0.383 e. The van der Waals surface area contributed by atoms with E-state index in [1.165, 1.54) is 0 Å². The van der Waals surface area contributed by atoms with Crippen LogP contribution in [0.5, 0.6) is 0 Å². The average Bonchev–Trinajstić information content (AvgIpc) is 2.60. The third-order valence-corrected chi connectivity index (χ3v) is 5.61. The Morgan fingerprint density at radius 3 is 2.78 bits per heavy atom. The molecule has 1 heterocycles. The molecule has 146 valence electrons. The van der Waals surface area contributed by atoms with Crippen molar-refractivity contribution in [1.82, 2.24) is 14.5 Å². The van der Waals surface area contributed by atoms with E-state index >= 15 is 0 Å². The number of benzene rings is 1. The molecule has 1 aromatic heterocycles. The molecular formula is C20H26ClN3O3. The summed E-state index contributed by atoms with van der Waals surface area (Å²) in [5.41, 5.74) is 0.450. The van der Waals surface area contributed by atoms with Crippen LogP contribution in [0.2, 0.25) is 5.02 Å². The number of amides is 1. The quantitative estimate of drug-likeness (QED) is 0.725. The lowest BCUT2D eigenvalue weighted by molar-refractivity contribution is -0.141. The van der Waals surface area contributed by atoms with E-state index in [0.29, 0.717) is 41.4 Å². The number of carbonyl (C=O) groups excluding carboxylic acids is 1. The van der Waals surface area contributed by atoms with E-state index < -0.39 is 0 Å². The summed E-state index contributed by atoms with van der Waals surface area (Å²) in [4.78, 5) is 32.5. The molecule has 0 saturated heterocycles. The molecule has 1 aliphatic rings. The van der Waals surface area contributed by atoms with Gasteiger partial charge in [0.05, 0.1) is 23.6 Å². The summed E-state index contributed by atoms with van der Waals surface area (Å²) in [6, 6.07) is 4.77. The predicted molar refractivity (Wildman–Crippen MR) is 106 cm³/mol. The van der Waals surface area contributed by atoms with Crippen molar-refractivity contribution in [2.75, 3.05) is 20.3 Å². The van der Waals surface area contributed by atoms with Gasteiger partial charge in [-0.1, -0.05) is 18.0 Å². The molecular weight excluding hydrogens is 366 g/mol. The first-order valence-electron chi connectivity index (χ1n) is 9.47. The summed E-state index contributed by atoms with van der Waals surface area (Å²) < 4.78 is 6.85. The van der Waals surface area contributed by atoms with Crippen LogP contribution in [0.15, 0.2) is 23.0 Å². The Morgan fingerprint density at radius 2 is 2.19 bits per heavy atom. The maximum absolute atomic E-state index is 13.0. The number of hydrogen-bond acceptors (Lipinski definition) is 4. The molecule has 1 unspecified atom stereocenters. The Kier molecular flexibility index (Phi) is 6.17. The molecule has 0 aliphatic heterocycles. The summed E-state index contributed by atoms with van der Waals surface area (Å²) >= 11 is 6.10. The van der Waals surface area contributed by atoms with E-state index in [2.05, 4.69) is 0 Å². The van der Waals surface area contributed by atoms with Crippen molar-refractivity contribution in [3.8, 4) is 0 Å². The highest BCUT2D eigenvalue weighted by atomic mass is 35.5. The average molecular weight is 392 g/mol. The monoisotopic (exact) mass is 391 g/mol. The Hall–Kier alpha value is -1.92. The first kappa shape index (κ1) is 19.8. The van der Waals surface area contributed by atoms with Crippen LogP contribution in [0.25, 0.3) is 10.9 Å². The van der Waals surface area contributed by atoms with Gasteiger partial charge in [-0.15, -0.1) is 0 Å². The lowest BCUT2D eigenvalue weighted by atomic mass is 9.84. The Labute approximate surface area is 164 Å². The van der Waals surface area contributed by atoms with Crippen molar-refractivity contribution in [1.29, 1.82) is 0 Å². The number of rotatable bonds is 7. The molecule has 1 aliphatic carbocycles. The number of carbonyl (C=O) groups is 1. The number of halogens is 1. The van der Waals surface area contributed by atoms with Gasteiger partial charge in [0, 0.05) is 31.1 Å². The number of aromatic nitrogens is 2. The topological polar surface area (TPSA) is 64.4 Å². The molecule has 3 rings (SSSR count). The standard InChI is InChI=1S/C20H26ClN3O3/c1-4-23-18(22-17-12-15(21)8-9-16(17)20(23)26)13(2)24(10-11-27-3)19(25)14-6-5-7-14/h8-9,12-14H,4-7,10-11H2,1-3H3. The van der Waals surface area contributed by atoms with Gasteiger partial charge in [-0.05, 0) is 44.9 Å². The molecule has 7 heteroatoms. The SMILES string of the molecule is CCn1c(C(C)N(CCOC)C(=O)C2CCC2)nc2cc(Cl)ccc2c1=O. The highest BCUT2D eigenvalue weighted by molar-refractivity contribution is 6.31. The number of ether oxygens (including phenoxy) is 1. The molecule has 0 N–H and O–H groups in total. The van der Waals surface area contributed by atoms with Gasteiger partial charge in [0.15, 0.2) is 0 Å². The fourth-order valence-corrected chi connectivity index (χ4v) is 3.72. The van der Waals surface area contributed by atoms with Gasteiger partial charge in [-0.25, -0.2) is 4.98 Å². The summed E-state index contributed by atoms with van der Waals surface area (Å²) in [6.45, 7) is 5.24. The molecule has 1 amide bonds. The number of hydrogen-bond donors (Lipinski definition) is 0. The molecule has 2 aromatic rings. The van der Waals surface area contributed by atoms with Crippen LogP contribution >= 0.6 is 11.6 Å². The molecule has 1 atom stereocenters. The Balaban J connectivity index is 2.06. The van der Waals surface area contributed by atoms with Crippen molar-refractivity contribution >= 4 is 28.4 Å². The Morgan fingerprint density at radius 1 is 1.44 bits per heavy atom. The predicted octanol–water partition coefficient (Wildman–Crippen LogP) is 3.41. The molecule has 1 saturated carbocycles. The first-order valence-corrected chi connectivity index (χ1v) is 9.85. The van der Waals surface area contributed by atoms with Crippen molar-refractivity contribution in [3.05, 3.63) is 39.4 Å². The van der Waals surface area contributed by atoms with E-state index in [4.69, 9.17) is 21.3 Å². The fourth-order valence-electron chi connectivity index (χ4n) is 3.55. The lowest BCUT2D eigenvalue weighted by Crippen LogP contribution is -2.44. The number of fused-ring (bicyclic) bond motifs is 1. The van der Waals surface area contributed by atoms with Gasteiger partial charge in [0.2, 0.25) is 5.91 Å². The van der Waals surface area contributed by atoms with Crippen molar-refractivity contribution in [3.63, 3.8) is 0 Å². The lowest BCUT2D eigenvalue weighted by Gasteiger charge is -2.35. The minimum Gasteiger partial charge on any atom is -0.383 e. The van der Waals surface area contributed by atoms with Crippen LogP contribution in [0, 0.1) is 5.92 Å². The third kappa shape index (κ3) is 3.87. The normalized spacial score (nSPS) is 15.6. The van der Waals surface area contributed by atoms with Gasteiger partial charge < -0.3 is 9.64 Å². The van der Waals surface area contributed by atoms with Gasteiger partial charge in [-0.2, -0.15) is 0 Å². The summed E-state index contributed by atoms with van der Waals surface area (Å²) in [7, 11) is 1.62. The summed E-state index contributed by atoms with van der Waals surface area (Å²) in [5.74, 6) is 0.774. The zero-order chi connectivity index (χ0) is 19.6. The van der Waals surface area contributed by atoms with E-state index in [-0.39, 0.29) is 23.4 Å². The molecule has 1 fully saturated rings. The molecule has 27 heavy (non-hydrogen) atoms. The van der Waals surface area contributed by atoms with E-state index in [0.717, 1.165) is 19.3 Å². The van der Waals surface area contributed by atoms with Crippen LogP contribution in [0.4, 0.5) is 0 Å². The molecule has 0 spiro atoms. The highest BCUT2D eigenvalue weighted by Gasteiger charge is 2.33. The fraction of sp³-hybridized carbons (Fsp3) is 0.550. The van der Waals surface area contributed by atoms with Gasteiger partial charge in [0.1, 0.15) is 5.82 Å². The van der Waals surface area contributed by atoms with Crippen molar-refractivity contribution in [2.24, 2.45) is 5.92 Å². The zero-order valence-corrected chi connectivity index (χ0v) is 16.8. The zero-order valence-electron chi connectivity index (χ0n) is 16.1. The maximum atomic E-state index is 13.0. The second-order valence-electron chi connectivity index (χ2n) is 7.01. The number of nitrogens with zero attached hydrogens (tertiary/aromatic N) is 3. The third-order valence-electron chi connectivity index (χ3n) is 5.38. The smallest absolute Gasteiger partial charge is 0.261 e. The second kappa shape index (κ2) is 8.40. The minimum atomic E-state index is -0.329. The first-order chi connectivity index (χ1) is 13.0. The van der Waals surface area contributed by atoms with E-state index in [1.54, 1.807) is 34.8 Å². The second-order valence-corrected chi connectivity index (χ2v) is 7.45. The van der Waals surface area contributed by atoms with Crippen LogP contribution in [0.3, 0.4) is 0 Å². The van der Waals surface area contributed by atoms with Gasteiger partial charge in [-0.3, -0.25) is 14.2 Å². The number of methoxy groups -OCH3 is 1. The van der Waals surface area contributed by atoms with E-state index in [1.807, 2.05) is 13.8 Å². The van der Waals surface area contributed by atoms with Gasteiger partial charge >= 0.3 is 0 Å². The van der Waals surface area contributed by atoms with Crippen molar-refractivity contribution < 1.29 is 9.53 Å². The molecule has 0 radical (unpaired) electrons. The summed E-state index contributed by atoms with van der Waals surface area (Å²) in [5, 5.41) is 1.06. The van der Waals surface area contributed by atoms with Gasteiger partial charge in [0.25, 0.3) is 5.56 Å². The maximum Gasteiger partial charge on any atom is 0.261 e. The van der Waals surface area contributed by atoms with Crippen LogP contribution < -0.4 is 5.56 Å². The molecule has 1 aromatic carbocycles. The minimum absolute atomic E-state index is 0.0704. The van der Waals surface area contributed by atoms with E-state index in [9.17, 15) is 9.59 Å². The van der Waals surface area contributed by atoms with Crippen LogP contribution in [-0.2, 0) is 16.1 Å². The molecule has 6 nitrogen and oxygen atoms in total. The van der Waals surface area contributed by atoms with Crippen molar-refractivity contribution in [2.45, 2.75) is 45.7 Å². The van der Waals surface area contributed by atoms with Crippen LogP contribution in [0.1, 0.15) is 45.0 Å².